The average Bonchev–Trinajstić information content (AvgIpc) is 2.68. The fourth-order valence-electron chi connectivity index (χ4n) is 2.41. The molecule has 2 N–H and O–H groups in total. The maximum absolute atomic E-state index is 12.2. The molecule has 0 unspecified atom stereocenters. The van der Waals surface area contributed by atoms with Crippen molar-refractivity contribution in [3.8, 4) is 11.5 Å². The van der Waals surface area contributed by atoms with Crippen LogP contribution in [-0.4, -0.2) is 39.1 Å². The molecular weight excluding hydrogens is 332 g/mol. The summed E-state index contributed by atoms with van der Waals surface area (Å²) in [5, 5.41) is 5.58. The molecule has 26 heavy (non-hydrogen) atoms. The highest BCUT2D eigenvalue weighted by atomic mass is 16.5. The fraction of sp³-hybridized carbons (Fsp3) is 0.300. The summed E-state index contributed by atoms with van der Waals surface area (Å²) in [6.07, 6.45) is 1.00. The molecule has 0 heterocycles. The first-order chi connectivity index (χ1) is 12.6. The van der Waals surface area contributed by atoms with E-state index in [1.165, 1.54) is 19.8 Å². The zero-order chi connectivity index (χ0) is 18.8. The van der Waals surface area contributed by atoms with E-state index in [1.54, 1.807) is 18.2 Å². The van der Waals surface area contributed by atoms with Gasteiger partial charge in [-0.1, -0.05) is 30.3 Å². The summed E-state index contributed by atoms with van der Waals surface area (Å²) in [7, 11) is 3.05. The number of hydrogen-bond acceptors (Lipinski definition) is 4. The SMILES string of the molecule is COc1cc(OC)cc(C(=O)NCCC(=O)NCCc2ccccc2)c1. The van der Waals surface area contributed by atoms with E-state index in [9.17, 15) is 9.59 Å². The second kappa shape index (κ2) is 10.1. The molecule has 0 radical (unpaired) electrons. The number of carbonyl (C=O) groups is 2. The van der Waals surface area contributed by atoms with Crippen LogP contribution >= 0.6 is 0 Å². The van der Waals surface area contributed by atoms with Crippen molar-refractivity contribution in [1.29, 1.82) is 0 Å². The van der Waals surface area contributed by atoms with E-state index in [1.807, 2.05) is 30.3 Å². The first kappa shape index (κ1) is 19.3. The number of rotatable bonds is 9. The molecule has 6 nitrogen and oxygen atoms in total. The van der Waals surface area contributed by atoms with Crippen molar-refractivity contribution >= 4 is 11.8 Å². The average molecular weight is 356 g/mol. The second-order valence-electron chi connectivity index (χ2n) is 5.69. The quantitative estimate of drug-likeness (QED) is 0.722. The minimum absolute atomic E-state index is 0.0931. The third kappa shape index (κ3) is 6.12. The van der Waals surface area contributed by atoms with Gasteiger partial charge in [-0.3, -0.25) is 9.59 Å². The number of benzene rings is 2. The van der Waals surface area contributed by atoms with E-state index in [2.05, 4.69) is 10.6 Å². The Balaban J connectivity index is 1.73. The maximum atomic E-state index is 12.2. The van der Waals surface area contributed by atoms with Crippen LogP contribution in [-0.2, 0) is 11.2 Å². The van der Waals surface area contributed by atoms with E-state index in [0.29, 0.717) is 23.6 Å². The van der Waals surface area contributed by atoms with E-state index < -0.39 is 0 Å². The highest BCUT2D eigenvalue weighted by Crippen LogP contribution is 2.22. The minimum atomic E-state index is -0.278. The number of hydrogen-bond donors (Lipinski definition) is 2. The topological polar surface area (TPSA) is 76.7 Å². The molecular formula is C20H24N2O4. The lowest BCUT2D eigenvalue weighted by molar-refractivity contribution is -0.120. The maximum Gasteiger partial charge on any atom is 0.251 e. The smallest absolute Gasteiger partial charge is 0.251 e. The van der Waals surface area contributed by atoms with E-state index in [4.69, 9.17) is 9.47 Å². The van der Waals surface area contributed by atoms with Gasteiger partial charge in [0.2, 0.25) is 5.91 Å². The Morgan fingerprint density at radius 1 is 0.885 bits per heavy atom. The summed E-state index contributed by atoms with van der Waals surface area (Å²) in [5.41, 5.74) is 1.60. The molecule has 138 valence electrons. The lowest BCUT2D eigenvalue weighted by Crippen LogP contribution is -2.31. The van der Waals surface area contributed by atoms with Gasteiger partial charge < -0.3 is 20.1 Å². The molecule has 0 saturated heterocycles. The van der Waals surface area contributed by atoms with Gasteiger partial charge in [0.15, 0.2) is 0 Å². The van der Waals surface area contributed by atoms with Crippen molar-refractivity contribution in [3.63, 3.8) is 0 Å². The zero-order valence-corrected chi connectivity index (χ0v) is 15.1. The van der Waals surface area contributed by atoms with Crippen molar-refractivity contribution in [2.24, 2.45) is 0 Å². The lowest BCUT2D eigenvalue weighted by atomic mass is 10.1. The Morgan fingerprint density at radius 3 is 2.15 bits per heavy atom. The van der Waals surface area contributed by atoms with Gasteiger partial charge in [0.25, 0.3) is 5.91 Å². The Bertz CT molecular complexity index is 710. The Hall–Kier alpha value is -3.02. The summed E-state index contributed by atoms with van der Waals surface area (Å²) in [5.74, 6) is 0.699. The largest absolute Gasteiger partial charge is 0.497 e. The lowest BCUT2D eigenvalue weighted by Gasteiger charge is -2.09. The number of nitrogens with one attached hydrogen (secondary N) is 2. The molecule has 0 atom stereocenters. The van der Waals surface area contributed by atoms with Gasteiger partial charge >= 0.3 is 0 Å². The summed E-state index contributed by atoms with van der Waals surface area (Å²) in [4.78, 5) is 24.1. The van der Waals surface area contributed by atoms with E-state index in [0.717, 1.165) is 6.42 Å². The molecule has 2 aromatic rings. The summed E-state index contributed by atoms with van der Waals surface area (Å²) in [6, 6.07) is 14.9. The van der Waals surface area contributed by atoms with Gasteiger partial charge in [0, 0.05) is 31.1 Å². The van der Waals surface area contributed by atoms with Crippen molar-refractivity contribution < 1.29 is 19.1 Å². The van der Waals surface area contributed by atoms with Crippen LogP contribution in [0.1, 0.15) is 22.3 Å². The molecule has 0 aromatic heterocycles. The van der Waals surface area contributed by atoms with Gasteiger partial charge in [0.05, 0.1) is 14.2 Å². The predicted molar refractivity (Wildman–Crippen MR) is 99.7 cm³/mol. The Labute approximate surface area is 153 Å². The van der Waals surface area contributed by atoms with Gasteiger partial charge in [-0.15, -0.1) is 0 Å². The molecule has 0 aliphatic rings. The fourth-order valence-corrected chi connectivity index (χ4v) is 2.41. The monoisotopic (exact) mass is 356 g/mol. The van der Waals surface area contributed by atoms with Gasteiger partial charge in [-0.25, -0.2) is 0 Å². The van der Waals surface area contributed by atoms with Crippen LogP contribution in [0.2, 0.25) is 0 Å². The first-order valence-corrected chi connectivity index (χ1v) is 8.44. The van der Waals surface area contributed by atoms with Crippen LogP contribution in [0.4, 0.5) is 0 Å². The van der Waals surface area contributed by atoms with Gasteiger partial charge in [-0.2, -0.15) is 0 Å². The first-order valence-electron chi connectivity index (χ1n) is 8.44. The number of ether oxygens (including phenoxy) is 2. The predicted octanol–water partition coefficient (Wildman–Crippen LogP) is 2.18. The number of amides is 2. The molecule has 2 aromatic carbocycles. The van der Waals surface area contributed by atoms with Crippen LogP contribution in [0.25, 0.3) is 0 Å². The highest BCUT2D eigenvalue weighted by Gasteiger charge is 2.10. The van der Waals surface area contributed by atoms with Crippen molar-refractivity contribution in [1.82, 2.24) is 10.6 Å². The van der Waals surface area contributed by atoms with Crippen molar-refractivity contribution in [2.45, 2.75) is 12.8 Å². The van der Waals surface area contributed by atoms with E-state index in [-0.39, 0.29) is 24.8 Å². The van der Waals surface area contributed by atoms with Crippen LogP contribution in [0.5, 0.6) is 11.5 Å². The molecule has 0 spiro atoms. The standard InChI is InChI=1S/C20H24N2O4/c1-25-17-12-16(13-18(14-17)26-2)20(24)22-11-9-19(23)21-10-8-15-6-4-3-5-7-15/h3-7,12-14H,8-11H2,1-2H3,(H,21,23)(H,22,24). The number of carbonyl (C=O) groups excluding carboxylic acids is 2. The molecule has 2 rings (SSSR count). The normalized spacial score (nSPS) is 10.1. The third-order valence-corrected chi connectivity index (χ3v) is 3.83. The van der Waals surface area contributed by atoms with E-state index >= 15 is 0 Å². The molecule has 0 aliphatic heterocycles. The molecule has 2 amide bonds. The van der Waals surface area contributed by atoms with Crippen LogP contribution < -0.4 is 20.1 Å². The third-order valence-electron chi connectivity index (χ3n) is 3.83. The summed E-state index contributed by atoms with van der Waals surface area (Å²) >= 11 is 0. The Morgan fingerprint density at radius 2 is 1.54 bits per heavy atom. The zero-order valence-electron chi connectivity index (χ0n) is 15.1. The molecule has 0 saturated carbocycles. The number of methoxy groups -OCH3 is 2. The summed E-state index contributed by atoms with van der Waals surface area (Å²) < 4.78 is 10.3. The Kier molecular flexibility index (Phi) is 7.49. The van der Waals surface area contributed by atoms with Crippen molar-refractivity contribution in [2.75, 3.05) is 27.3 Å². The van der Waals surface area contributed by atoms with Crippen LogP contribution in [0.15, 0.2) is 48.5 Å². The second-order valence-corrected chi connectivity index (χ2v) is 5.69. The minimum Gasteiger partial charge on any atom is -0.497 e. The van der Waals surface area contributed by atoms with Crippen LogP contribution in [0.3, 0.4) is 0 Å². The van der Waals surface area contributed by atoms with Crippen LogP contribution in [0, 0.1) is 0 Å². The highest BCUT2D eigenvalue weighted by molar-refractivity contribution is 5.95. The molecule has 0 fully saturated rings. The van der Waals surface area contributed by atoms with Gasteiger partial charge in [-0.05, 0) is 24.1 Å². The molecule has 0 bridgehead atoms. The van der Waals surface area contributed by atoms with Gasteiger partial charge in [0.1, 0.15) is 11.5 Å². The summed E-state index contributed by atoms with van der Waals surface area (Å²) in [6.45, 7) is 0.833. The molecule has 0 aliphatic carbocycles. The van der Waals surface area contributed by atoms with Crippen molar-refractivity contribution in [3.05, 3.63) is 59.7 Å². The molecule has 6 heteroatoms.